The predicted octanol–water partition coefficient (Wildman–Crippen LogP) is 5.26. The zero-order valence-electron chi connectivity index (χ0n) is 19.9. The van der Waals surface area contributed by atoms with Gasteiger partial charge in [0.2, 0.25) is 5.88 Å². The number of rotatable bonds is 7. The number of benzene rings is 2. The molecule has 2 aliphatic rings. The van der Waals surface area contributed by atoms with Gasteiger partial charge in [-0.3, -0.25) is 4.79 Å². The van der Waals surface area contributed by atoms with Crippen LogP contribution in [-0.2, 0) is 9.53 Å². The second-order valence-electron chi connectivity index (χ2n) is 9.26. The van der Waals surface area contributed by atoms with Crippen molar-refractivity contribution in [1.29, 1.82) is 5.26 Å². The molecule has 1 atom stereocenters. The Kier molecular flexibility index (Phi) is 6.95. The number of nitriles is 1. The molecule has 0 spiro atoms. The van der Waals surface area contributed by atoms with Gasteiger partial charge in [0.1, 0.15) is 36.4 Å². The van der Waals surface area contributed by atoms with Crippen LogP contribution in [0.25, 0.3) is 0 Å². The van der Waals surface area contributed by atoms with E-state index in [-0.39, 0.29) is 29.3 Å². The van der Waals surface area contributed by atoms with E-state index in [4.69, 9.17) is 36.3 Å². The number of methoxy groups -OCH3 is 1. The minimum absolute atomic E-state index is 0.0281. The normalized spacial score (nSPS) is 18.9. The maximum atomic E-state index is 13.1. The summed E-state index contributed by atoms with van der Waals surface area (Å²) in [7, 11) is 1.54. The van der Waals surface area contributed by atoms with Gasteiger partial charge in [0, 0.05) is 23.4 Å². The zero-order valence-corrected chi connectivity index (χ0v) is 20.6. The molecule has 35 heavy (non-hydrogen) atoms. The van der Waals surface area contributed by atoms with Crippen LogP contribution in [0.2, 0.25) is 5.02 Å². The van der Waals surface area contributed by atoms with Gasteiger partial charge in [0.15, 0.2) is 17.3 Å². The molecule has 4 rings (SSSR count). The van der Waals surface area contributed by atoms with E-state index in [2.05, 4.69) is 6.07 Å². The molecule has 182 valence electrons. The molecule has 1 aliphatic heterocycles. The van der Waals surface area contributed by atoms with E-state index in [1.54, 1.807) is 36.4 Å². The number of nitrogens with zero attached hydrogens (tertiary/aromatic N) is 1. The summed E-state index contributed by atoms with van der Waals surface area (Å²) >= 11 is 5.89. The van der Waals surface area contributed by atoms with Gasteiger partial charge >= 0.3 is 0 Å². The van der Waals surface area contributed by atoms with Gasteiger partial charge < -0.3 is 24.7 Å². The minimum Gasteiger partial charge on any atom is -0.493 e. The molecule has 1 aliphatic carbocycles. The summed E-state index contributed by atoms with van der Waals surface area (Å²) in [5.41, 5.74) is 7.27. The molecule has 0 fully saturated rings. The van der Waals surface area contributed by atoms with Gasteiger partial charge in [-0.2, -0.15) is 5.26 Å². The molecule has 0 radical (unpaired) electrons. The van der Waals surface area contributed by atoms with Gasteiger partial charge in [-0.05, 0) is 47.4 Å². The van der Waals surface area contributed by atoms with Gasteiger partial charge in [-0.1, -0.05) is 31.5 Å². The minimum atomic E-state index is -0.622. The van der Waals surface area contributed by atoms with E-state index in [9.17, 15) is 10.1 Å². The lowest BCUT2D eigenvalue weighted by atomic mass is 9.70. The molecule has 0 saturated carbocycles. The van der Waals surface area contributed by atoms with Crippen molar-refractivity contribution in [3.63, 3.8) is 0 Å². The number of hydrogen-bond donors (Lipinski definition) is 1. The largest absolute Gasteiger partial charge is 0.493 e. The van der Waals surface area contributed by atoms with Crippen molar-refractivity contribution >= 4 is 17.4 Å². The summed E-state index contributed by atoms with van der Waals surface area (Å²) in [6.45, 7) is 4.64. The molecule has 7 nitrogen and oxygen atoms in total. The van der Waals surface area contributed by atoms with Gasteiger partial charge in [-0.15, -0.1) is 0 Å². The summed E-state index contributed by atoms with van der Waals surface area (Å²) in [5, 5.41) is 10.5. The first-order valence-corrected chi connectivity index (χ1v) is 11.6. The molecular weight excluding hydrogens is 468 g/mol. The highest BCUT2D eigenvalue weighted by molar-refractivity contribution is 6.30. The van der Waals surface area contributed by atoms with Crippen LogP contribution in [0, 0.1) is 16.7 Å². The fourth-order valence-electron chi connectivity index (χ4n) is 4.44. The van der Waals surface area contributed by atoms with Crippen molar-refractivity contribution < 1.29 is 23.7 Å². The monoisotopic (exact) mass is 494 g/mol. The van der Waals surface area contributed by atoms with Crippen molar-refractivity contribution in [2.45, 2.75) is 32.6 Å². The Labute approximate surface area is 209 Å². The molecular formula is C27H27ClN2O5. The lowest BCUT2D eigenvalue weighted by molar-refractivity contribution is -0.119. The molecule has 0 bridgehead atoms. The average Bonchev–Trinajstić information content (AvgIpc) is 2.81. The highest BCUT2D eigenvalue weighted by Gasteiger charge is 2.43. The third-order valence-corrected chi connectivity index (χ3v) is 6.27. The quantitative estimate of drug-likeness (QED) is 0.523. The SMILES string of the molecule is COc1cc(C2C(C#N)=C(N)OC3=C2C(=O)CC(C)(C)C3)ccc1OCCOc1ccc(Cl)cc1. The Morgan fingerprint density at radius 2 is 1.83 bits per heavy atom. The van der Waals surface area contributed by atoms with Crippen LogP contribution in [0.15, 0.2) is 65.3 Å². The van der Waals surface area contributed by atoms with E-state index >= 15 is 0 Å². The number of ether oxygens (including phenoxy) is 4. The van der Waals surface area contributed by atoms with Gasteiger partial charge in [0.25, 0.3) is 0 Å². The highest BCUT2D eigenvalue weighted by Crippen LogP contribution is 2.48. The third kappa shape index (κ3) is 5.23. The first-order valence-electron chi connectivity index (χ1n) is 11.3. The molecule has 2 N–H and O–H groups in total. The van der Waals surface area contributed by atoms with Gasteiger partial charge in [0.05, 0.1) is 13.0 Å². The Hall–Kier alpha value is -3.63. The Balaban J connectivity index is 1.56. The molecule has 2 aromatic carbocycles. The topological polar surface area (TPSA) is 104 Å². The van der Waals surface area contributed by atoms with E-state index < -0.39 is 5.92 Å². The maximum absolute atomic E-state index is 13.1. The first-order chi connectivity index (χ1) is 16.7. The highest BCUT2D eigenvalue weighted by atomic mass is 35.5. The molecule has 0 saturated heterocycles. The summed E-state index contributed by atoms with van der Waals surface area (Å²) in [6, 6.07) is 14.6. The van der Waals surface area contributed by atoms with Crippen molar-refractivity contribution in [2.24, 2.45) is 11.1 Å². The summed E-state index contributed by atoms with van der Waals surface area (Å²) in [6.07, 6.45) is 0.937. The van der Waals surface area contributed by atoms with Crippen LogP contribution in [-0.4, -0.2) is 26.1 Å². The van der Waals surface area contributed by atoms with E-state index in [0.29, 0.717) is 58.6 Å². The first kappa shape index (κ1) is 24.5. The number of hydrogen-bond acceptors (Lipinski definition) is 7. The number of halogens is 1. The van der Waals surface area contributed by atoms with Crippen molar-refractivity contribution in [3.8, 4) is 23.3 Å². The van der Waals surface area contributed by atoms with Crippen LogP contribution in [0.4, 0.5) is 0 Å². The van der Waals surface area contributed by atoms with Crippen LogP contribution in [0.3, 0.4) is 0 Å². The van der Waals surface area contributed by atoms with Crippen molar-refractivity contribution in [2.75, 3.05) is 20.3 Å². The fraction of sp³-hybridized carbons (Fsp3) is 0.333. The molecule has 0 amide bonds. The fourth-order valence-corrected chi connectivity index (χ4v) is 4.57. The maximum Gasteiger partial charge on any atom is 0.205 e. The molecule has 1 heterocycles. The second-order valence-corrected chi connectivity index (χ2v) is 9.70. The number of Topliss-reactive ketones (excluding diaryl/α,β-unsaturated/α-hetero) is 1. The third-order valence-electron chi connectivity index (χ3n) is 6.02. The van der Waals surface area contributed by atoms with Crippen LogP contribution in [0.1, 0.15) is 38.2 Å². The number of nitrogens with two attached hydrogens (primary N) is 1. The molecule has 1 unspecified atom stereocenters. The second kappa shape index (κ2) is 9.93. The number of allylic oxidation sites excluding steroid dienone is 3. The smallest absolute Gasteiger partial charge is 0.205 e. The molecule has 2 aromatic rings. The van der Waals surface area contributed by atoms with Crippen molar-refractivity contribution in [1.82, 2.24) is 0 Å². The van der Waals surface area contributed by atoms with Crippen LogP contribution < -0.4 is 19.9 Å². The van der Waals surface area contributed by atoms with E-state index in [0.717, 1.165) is 0 Å². The zero-order chi connectivity index (χ0) is 25.2. The Bertz CT molecular complexity index is 1240. The lowest BCUT2D eigenvalue weighted by Crippen LogP contribution is -2.33. The van der Waals surface area contributed by atoms with Gasteiger partial charge in [-0.25, -0.2) is 0 Å². The van der Waals surface area contributed by atoms with Crippen molar-refractivity contribution in [3.05, 3.63) is 75.8 Å². The van der Waals surface area contributed by atoms with E-state index in [1.165, 1.54) is 7.11 Å². The average molecular weight is 495 g/mol. The summed E-state index contributed by atoms with van der Waals surface area (Å²) in [4.78, 5) is 13.1. The number of carbonyl (C=O) groups excluding carboxylic acids is 1. The summed E-state index contributed by atoms with van der Waals surface area (Å²) < 4.78 is 22.8. The standard InChI is InChI=1S/C27H27ClN2O5/c1-27(2)13-20(31)25-23(14-27)35-26(30)19(15-29)24(25)16-4-9-21(22(12-16)32-3)34-11-10-33-18-7-5-17(28)6-8-18/h4-9,12,24H,10-11,13-14,30H2,1-3H3. The molecule has 0 aromatic heterocycles. The predicted molar refractivity (Wildman–Crippen MR) is 131 cm³/mol. The Morgan fingerprint density at radius 1 is 1.11 bits per heavy atom. The lowest BCUT2D eigenvalue weighted by Gasteiger charge is -2.37. The van der Waals surface area contributed by atoms with Crippen LogP contribution >= 0.6 is 11.6 Å². The summed E-state index contributed by atoms with van der Waals surface area (Å²) in [5.74, 6) is 1.58. The molecule has 8 heteroatoms. The number of ketones is 1. The Morgan fingerprint density at radius 3 is 2.51 bits per heavy atom. The van der Waals surface area contributed by atoms with E-state index in [1.807, 2.05) is 19.9 Å². The number of carbonyl (C=O) groups is 1. The van der Waals surface area contributed by atoms with Crippen LogP contribution in [0.5, 0.6) is 17.2 Å².